The van der Waals surface area contributed by atoms with Crippen LogP contribution in [0.2, 0.25) is 0 Å². The summed E-state index contributed by atoms with van der Waals surface area (Å²) >= 11 is 0. The Morgan fingerprint density at radius 2 is 1.45 bits per heavy atom. The number of benzene rings is 3. The van der Waals surface area contributed by atoms with Crippen molar-refractivity contribution in [2.24, 2.45) is 10.2 Å². The van der Waals surface area contributed by atoms with Crippen LogP contribution in [0.5, 0.6) is 5.75 Å². The molecule has 0 bridgehead atoms. The van der Waals surface area contributed by atoms with Gasteiger partial charge in [-0.1, -0.05) is 36.4 Å². The first-order valence-corrected chi connectivity index (χ1v) is 11.8. The Bertz CT molecular complexity index is 1580. The minimum Gasteiger partial charge on any atom is -0.505 e. The van der Waals surface area contributed by atoms with Gasteiger partial charge in [0, 0.05) is 23.5 Å². The van der Waals surface area contributed by atoms with Crippen molar-refractivity contribution in [2.45, 2.75) is 13.1 Å². The molecule has 2 aromatic heterocycles. The molecule has 5 rings (SSSR count). The summed E-state index contributed by atoms with van der Waals surface area (Å²) in [5.41, 5.74) is 9.25. The van der Waals surface area contributed by atoms with Crippen LogP contribution in [0.4, 0.5) is 22.7 Å². The lowest BCUT2D eigenvalue weighted by Crippen LogP contribution is -2.23. The molecule has 0 radical (unpaired) electrons. The second kappa shape index (κ2) is 10.8. The maximum absolute atomic E-state index is 11.9. The number of anilines is 2. The highest BCUT2D eigenvalue weighted by Gasteiger charge is 2.19. The summed E-state index contributed by atoms with van der Waals surface area (Å²) < 4.78 is 0. The third-order valence-electron chi connectivity index (χ3n) is 5.98. The lowest BCUT2D eigenvalue weighted by Gasteiger charge is -2.25. The normalized spacial score (nSPS) is 11.2. The number of carboxylic acid groups (broad SMARTS) is 1. The lowest BCUT2D eigenvalue weighted by atomic mass is 10.0. The van der Waals surface area contributed by atoms with Crippen molar-refractivity contribution in [3.05, 3.63) is 114 Å². The van der Waals surface area contributed by atoms with E-state index in [2.05, 4.69) is 25.1 Å². The Morgan fingerprint density at radius 3 is 2.08 bits per heavy atom. The molecule has 0 saturated heterocycles. The zero-order valence-corrected chi connectivity index (χ0v) is 20.3. The van der Waals surface area contributed by atoms with E-state index in [9.17, 15) is 15.0 Å². The van der Waals surface area contributed by atoms with Crippen molar-refractivity contribution in [3.63, 3.8) is 0 Å². The monoisotopic (exact) mass is 504 g/mol. The molecular formula is C29H24N6O3. The number of nitrogens with two attached hydrogens (primary N) is 1. The fourth-order valence-electron chi connectivity index (χ4n) is 4.21. The number of aromatic hydroxyl groups is 1. The molecule has 0 amide bonds. The van der Waals surface area contributed by atoms with E-state index in [1.165, 1.54) is 0 Å². The molecule has 2 heterocycles. The average Bonchev–Trinajstić information content (AvgIpc) is 2.92. The van der Waals surface area contributed by atoms with E-state index in [0.29, 0.717) is 35.2 Å². The van der Waals surface area contributed by atoms with Gasteiger partial charge >= 0.3 is 5.97 Å². The van der Waals surface area contributed by atoms with Crippen LogP contribution in [0.15, 0.2) is 108 Å². The lowest BCUT2D eigenvalue weighted by molar-refractivity contribution is 0.0696. The first-order valence-electron chi connectivity index (χ1n) is 11.8. The number of phenols is 1. The van der Waals surface area contributed by atoms with Crippen LogP contribution in [0, 0.1) is 0 Å². The number of hydrogen-bond acceptors (Lipinski definition) is 8. The molecule has 9 heteroatoms. The maximum atomic E-state index is 11.9. The van der Waals surface area contributed by atoms with Crippen molar-refractivity contribution >= 4 is 39.5 Å². The van der Waals surface area contributed by atoms with Gasteiger partial charge in [-0.3, -0.25) is 9.97 Å². The molecule has 0 aliphatic heterocycles. The number of nitrogens with zero attached hydrogens (tertiary/aromatic N) is 5. The van der Waals surface area contributed by atoms with E-state index in [0.717, 1.165) is 17.1 Å². The van der Waals surface area contributed by atoms with Crippen molar-refractivity contribution in [1.82, 2.24) is 9.97 Å². The predicted octanol–water partition coefficient (Wildman–Crippen LogP) is 6.24. The van der Waals surface area contributed by atoms with E-state index >= 15 is 0 Å². The Kier molecular flexibility index (Phi) is 6.90. The van der Waals surface area contributed by atoms with Crippen molar-refractivity contribution < 1.29 is 15.0 Å². The number of aromatic nitrogens is 2. The van der Waals surface area contributed by atoms with E-state index in [1.807, 2.05) is 42.5 Å². The largest absolute Gasteiger partial charge is 0.505 e. The average molecular weight is 505 g/mol. The Balaban J connectivity index is 1.58. The van der Waals surface area contributed by atoms with Gasteiger partial charge in [0.1, 0.15) is 16.9 Å². The van der Waals surface area contributed by atoms with E-state index < -0.39 is 11.7 Å². The van der Waals surface area contributed by atoms with Gasteiger partial charge in [-0.25, -0.2) is 4.79 Å². The fraction of sp³-hybridized carbons (Fsp3) is 0.0690. The smallest absolute Gasteiger partial charge is 0.340 e. The van der Waals surface area contributed by atoms with Crippen LogP contribution < -0.4 is 10.6 Å². The van der Waals surface area contributed by atoms with Gasteiger partial charge in [-0.05, 0) is 53.9 Å². The van der Waals surface area contributed by atoms with E-state index in [1.54, 1.807) is 54.9 Å². The molecule has 3 aromatic carbocycles. The summed E-state index contributed by atoms with van der Waals surface area (Å²) in [6, 6.07) is 25.2. The van der Waals surface area contributed by atoms with Crippen LogP contribution in [-0.4, -0.2) is 26.2 Å². The number of nitrogen functional groups attached to an aromatic ring is 1. The van der Waals surface area contributed by atoms with Crippen LogP contribution >= 0.6 is 0 Å². The van der Waals surface area contributed by atoms with E-state index in [4.69, 9.17) is 5.73 Å². The molecule has 0 aliphatic rings. The second-order valence-electron chi connectivity index (χ2n) is 8.59. The molecule has 0 unspecified atom stereocenters. The van der Waals surface area contributed by atoms with Crippen LogP contribution in [-0.2, 0) is 13.1 Å². The molecule has 38 heavy (non-hydrogen) atoms. The molecule has 0 saturated carbocycles. The van der Waals surface area contributed by atoms with Gasteiger partial charge in [0.25, 0.3) is 0 Å². The highest BCUT2D eigenvalue weighted by Crippen LogP contribution is 2.39. The number of azo groups is 1. The number of fused-ring (bicyclic) bond motifs is 1. The van der Waals surface area contributed by atoms with Crippen molar-refractivity contribution in [3.8, 4) is 5.75 Å². The number of aromatic carboxylic acids is 1. The molecular weight excluding hydrogens is 480 g/mol. The highest BCUT2D eigenvalue weighted by molar-refractivity contribution is 6.08. The number of carbonyl (C=O) groups is 1. The highest BCUT2D eigenvalue weighted by atomic mass is 16.4. The molecule has 0 aliphatic carbocycles. The van der Waals surface area contributed by atoms with Crippen molar-refractivity contribution in [2.75, 3.05) is 10.6 Å². The quantitative estimate of drug-likeness (QED) is 0.168. The zero-order chi connectivity index (χ0) is 26.5. The summed E-state index contributed by atoms with van der Waals surface area (Å²) in [6.45, 7) is 0.933. The third-order valence-corrected chi connectivity index (χ3v) is 5.98. The van der Waals surface area contributed by atoms with E-state index in [-0.39, 0.29) is 11.3 Å². The van der Waals surface area contributed by atoms with Crippen LogP contribution in [0.1, 0.15) is 21.7 Å². The standard InChI is InChI=1S/C29H24N6O3/c30-20-11-12-26(35(17-21-8-3-5-13-31-21)18-22-9-4-6-14-32-22)24(16-20)33-34-25-15-19-7-1-2-10-23(19)27(28(25)36)29(37)38/h1-16,36H,17-18,30H2,(H,37,38)/b34-33+. The number of rotatable bonds is 8. The van der Waals surface area contributed by atoms with Gasteiger partial charge in [0.05, 0.1) is 30.2 Å². The van der Waals surface area contributed by atoms with Gasteiger partial charge in [-0.2, -0.15) is 0 Å². The first kappa shape index (κ1) is 24.4. The minimum atomic E-state index is -1.25. The molecule has 4 N–H and O–H groups in total. The molecule has 9 nitrogen and oxygen atoms in total. The Morgan fingerprint density at radius 1 is 0.816 bits per heavy atom. The number of carboxylic acids is 1. The number of hydrogen-bond donors (Lipinski definition) is 3. The molecule has 188 valence electrons. The summed E-state index contributed by atoms with van der Waals surface area (Å²) in [6.07, 6.45) is 3.47. The van der Waals surface area contributed by atoms with Crippen LogP contribution in [0.3, 0.4) is 0 Å². The summed E-state index contributed by atoms with van der Waals surface area (Å²) in [7, 11) is 0. The second-order valence-corrected chi connectivity index (χ2v) is 8.59. The van der Waals surface area contributed by atoms with Crippen LogP contribution in [0.25, 0.3) is 10.8 Å². The summed E-state index contributed by atoms with van der Waals surface area (Å²) in [4.78, 5) is 22.9. The number of pyridine rings is 2. The fourth-order valence-corrected chi connectivity index (χ4v) is 4.21. The van der Waals surface area contributed by atoms with Gasteiger partial charge in [0.2, 0.25) is 0 Å². The van der Waals surface area contributed by atoms with Gasteiger partial charge in [0.15, 0.2) is 5.75 Å². The first-order chi connectivity index (χ1) is 18.5. The van der Waals surface area contributed by atoms with Gasteiger partial charge < -0.3 is 20.8 Å². The molecule has 0 fully saturated rings. The maximum Gasteiger partial charge on any atom is 0.340 e. The van der Waals surface area contributed by atoms with Crippen molar-refractivity contribution in [1.29, 1.82) is 0 Å². The molecule has 5 aromatic rings. The Labute approximate surface area is 218 Å². The molecule has 0 spiro atoms. The SMILES string of the molecule is Nc1ccc(N(Cc2ccccn2)Cc2ccccn2)c(/N=N/c2cc3ccccc3c(C(=O)O)c2O)c1. The topological polar surface area (TPSA) is 137 Å². The Hall–Kier alpha value is -5.31. The summed E-state index contributed by atoms with van der Waals surface area (Å²) in [5.74, 6) is -1.71. The predicted molar refractivity (Wildman–Crippen MR) is 146 cm³/mol. The van der Waals surface area contributed by atoms with Gasteiger partial charge in [-0.15, -0.1) is 10.2 Å². The zero-order valence-electron chi connectivity index (χ0n) is 20.3. The summed E-state index contributed by atoms with van der Waals surface area (Å²) in [5, 5.41) is 30.2. The minimum absolute atomic E-state index is 0.0375. The third kappa shape index (κ3) is 5.26. The molecule has 0 atom stereocenters.